The number of rotatable bonds is 5. The van der Waals surface area contributed by atoms with Gasteiger partial charge >= 0.3 is 17.8 Å². The van der Waals surface area contributed by atoms with E-state index in [0.717, 1.165) is 33.8 Å². The van der Waals surface area contributed by atoms with Crippen LogP contribution in [0.5, 0.6) is 0 Å². The van der Waals surface area contributed by atoms with E-state index in [1.165, 1.54) is 0 Å². The van der Waals surface area contributed by atoms with Crippen molar-refractivity contribution in [1.29, 1.82) is 0 Å². The zero-order chi connectivity index (χ0) is 20.4. The Morgan fingerprint density at radius 1 is 0.862 bits per heavy atom. The number of benzene rings is 2. The zero-order valence-electron chi connectivity index (χ0n) is 15.8. The van der Waals surface area contributed by atoms with E-state index in [0.29, 0.717) is 18.5 Å². The number of anilines is 1. The number of hydrogen-bond donors (Lipinski definition) is 1. The van der Waals surface area contributed by atoms with Crippen LogP contribution in [0.4, 0.5) is 10.5 Å². The Hall–Kier alpha value is -3.48. The molecule has 0 aromatic heterocycles. The Labute approximate surface area is 168 Å². The van der Waals surface area contributed by atoms with Gasteiger partial charge in [0.05, 0.1) is 0 Å². The maximum atomic E-state index is 12.5. The molecule has 5 amide bonds. The number of imide groups is 2. The largest absolute Gasteiger partial charge is 0.334 e. The summed E-state index contributed by atoms with van der Waals surface area (Å²) in [5.74, 6) is -2.29. The van der Waals surface area contributed by atoms with Gasteiger partial charge in [-0.3, -0.25) is 19.3 Å². The number of nitrogens with zero attached hydrogens (tertiary/aromatic N) is 2. The predicted octanol–water partition coefficient (Wildman–Crippen LogP) is 3.03. The van der Waals surface area contributed by atoms with E-state index in [9.17, 15) is 19.2 Å². The van der Waals surface area contributed by atoms with Crippen LogP contribution in [0, 0.1) is 0 Å². The molecule has 1 saturated carbocycles. The van der Waals surface area contributed by atoms with Gasteiger partial charge in [-0.05, 0) is 36.1 Å². The van der Waals surface area contributed by atoms with E-state index < -0.39 is 30.3 Å². The van der Waals surface area contributed by atoms with Gasteiger partial charge in [0.2, 0.25) is 5.91 Å². The summed E-state index contributed by atoms with van der Waals surface area (Å²) >= 11 is 0. The molecule has 0 radical (unpaired) electrons. The van der Waals surface area contributed by atoms with Gasteiger partial charge in [0.25, 0.3) is 0 Å². The van der Waals surface area contributed by atoms with E-state index in [-0.39, 0.29) is 6.04 Å². The third-order valence-electron chi connectivity index (χ3n) is 5.35. The Bertz CT molecular complexity index is 950. The average Bonchev–Trinajstić information content (AvgIpc) is 3.33. The highest BCUT2D eigenvalue weighted by Gasteiger charge is 2.48. The third-order valence-corrected chi connectivity index (χ3v) is 5.35. The lowest BCUT2D eigenvalue weighted by Gasteiger charge is -2.20. The molecule has 2 aromatic carbocycles. The van der Waals surface area contributed by atoms with Crippen molar-refractivity contribution in [3.05, 3.63) is 54.6 Å². The van der Waals surface area contributed by atoms with Gasteiger partial charge in [0.15, 0.2) is 0 Å². The van der Waals surface area contributed by atoms with Crippen LogP contribution in [-0.4, -0.2) is 46.1 Å². The molecule has 0 atom stereocenters. The van der Waals surface area contributed by atoms with Crippen molar-refractivity contribution < 1.29 is 19.2 Å². The topological polar surface area (TPSA) is 86.8 Å². The fourth-order valence-corrected chi connectivity index (χ4v) is 3.87. The molecule has 4 rings (SSSR count). The molecule has 1 heterocycles. The Kier molecular flexibility index (Phi) is 5.12. The van der Waals surface area contributed by atoms with Crippen LogP contribution >= 0.6 is 0 Å². The van der Waals surface area contributed by atoms with E-state index in [2.05, 4.69) is 5.32 Å². The second-order valence-corrected chi connectivity index (χ2v) is 7.28. The summed E-state index contributed by atoms with van der Waals surface area (Å²) in [6.07, 6.45) is 3.27. The summed E-state index contributed by atoms with van der Waals surface area (Å²) in [5, 5.41) is 2.67. The summed E-state index contributed by atoms with van der Waals surface area (Å²) in [5.41, 5.74) is 2.61. The molecule has 29 heavy (non-hydrogen) atoms. The predicted molar refractivity (Wildman–Crippen MR) is 107 cm³/mol. The highest BCUT2D eigenvalue weighted by molar-refractivity contribution is 6.45. The van der Waals surface area contributed by atoms with Crippen molar-refractivity contribution in [1.82, 2.24) is 9.80 Å². The Morgan fingerprint density at radius 3 is 2.14 bits per heavy atom. The second-order valence-electron chi connectivity index (χ2n) is 7.28. The quantitative estimate of drug-likeness (QED) is 0.627. The third kappa shape index (κ3) is 3.76. The minimum atomic E-state index is -0.934. The van der Waals surface area contributed by atoms with Crippen molar-refractivity contribution in [2.45, 2.75) is 31.7 Å². The van der Waals surface area contributed by atoms with Crippen molar-refractivity contribution >= 4 is 29.4 Å². The van der Waals surface area contributed by atoms with Gasteiger partial charge in [-0.2, -0.15) is 0 Å². The molecule has 2 fully saturated rings. The first-order chi connectivity index (χ1) is 14.0. The molecular formula is C22H21N3O4. The summed E-state index contributed by atoms with van der Waals surface area (Å²) in [6.45, 7) is -0.479. The normalized spacial score (nSPS) is 17.3. The van der Waals surface area contributed by atoms with Crippen molar-refractivity contribution in [3.63, 3.8) is 0 Å². The first-order valence-corrected chi connectivity index (χ1v) is 9.69. The molecule has 0 bridgehead atoms. The smallest absolute Gasteiger partial charge is 0.325 e. The molecule has 1 aliphatic carbocycles. The molecule has 0 unspecified atom stereocenters. The summed E-state index contributed by atoms with van der Waals surface area (Å²) < 4.78 is 0. The molecule has 0 spiro atoms. The number of urea groups is 1. The molecule has 7 heteroatoms. The molecule has 2 aromatic rings. The zero-order valence-corrected chi connectivity index (χ0v) is 15.8. The van der Waals surface area contributed by atoms with Crippen molar-refractivity contribution in [2.24, 2.45) is 0 Å². The van der Waals surface area contributed by atoms with Crippen molar-refractivity contribution in [2.75, 3.05) is 11.9 Å². The number of hydrogen-bond acceptors (Lipinski definition) is 4. The van der Waals surface area contributed by atoms with Gasteiger partial charge < -0.3 is 5.32 Å². The Balaban J connectivity index is 1.40. The summed E-state index contributed by atoms with van der Waals surface area (Å²) in [6, 6.07) is 16.2. The van der Waals surface area contributed by atoms with Crippen LogP contribution in [0.2, 0.25) is 0 Å². The summed E-state index contributed by atoms with van der Waals surface area (Å²) in [7, 11) is 0. The molecule has 1 saturated heterocycles. The fourth-order valence-electron chi connectivity index (χ4n) is 3.87. The highest BCUT2D eigenvalue weighted by atomic mass is 16.2. The number of amides is 5. The molecule has 7 nitrogen and oxygen atoms in total. The fraction of sp³-hybridized carbons (Fsp3) is 0.273. The van der Waals surface area contributed by atoms with Crippen molar-refractivity contribution in [3.8, 4) is 11.1 Å². The van der Waals surface area contributed by atoms with Crippen LogP contribution < -0.4 is 5.32 Å². The maximum Gasteiger partial charge on any atom is 0.334 e. The number of carbonyl (C=O) groups excluding carboxylic acids is 4. The van der Waals surface area contributed by atoms with E-state index in [1.54, 1.807) is 12.1 Å². The molecular weight excluding hydrogens is 370 g/mol. The monoisotopic (exact) mass is 391 g/mol. The minimum absolute atomic E-state index is 0.238. The lowest BCUT2D eigenvalue weighted by molar-refractivity contribution is -0.144. The number of nitrogens with one attached hydrogen (secondary N) is 1. The minimum Gasteiger partial charge on any atom is -0.325 e. The van der Waals surface area contributed by atoms with Gasteiger partial charge in [0.1, 0.15) is 6.54 Å². The average molecular weight is 391 g/mol. The SMILES string of the molecule is O=C(CN1C(=O)C(=O)N(C2CCCC2)C1=O)Nc1ccc(-c2ccccc2)cc1. The second kappa shape index (κ2) is 7.87. The van der Waals surface area contributed by atoms with Crippen LogP contribution in [-0.2, 0) is 14.4 Å². The van der Waals surface area contributed by atoms with Gasteiger partial charge in [-0.25, -0.2) is 9.69 Å². The van der Waals surface area contributed by atoms with Crippen LogP contribution in [0.15, 0.2) is 54.6 Å². The van der Waals surface area contributed by atoms with Gasteiger partial charge in [-0.1, -0.05) is 55.3 Å². The lowest BCUT2D eigenvalue weighted by atomic mass is 10.1. The highest BCUT2D eigenvalue weighted by Crippen LogP contribution is 2.27. The van der Waals surface area contributed by atoms with E-state index >= 15 is 0 Å². The Morgan fingerprint density at radius 2 is 1.48 bits per heavy atom. The lowest BCUT2D eigenvalue weighted by Crippen LogP contribution is -2.41. The van der Waals surface area contributed by atoms with Crippen LogP contribution in [0.25, 0.3) is 11.1 Å². The van der Waals surface area contributed by atoms with Crippen LogP contribution in [0.3, 0.4) is 0 Å². The molecule has 1 aliphatic heterocycles. The first-order valence-electron chi connectivity index (χ1n) is 9.69. The van der Waals surface area contributed by atoms with E-state index in [1.807, 2.05) is 42.5 Å². The van der Waals surface area contributed by atoms with Crippen LogP contribution in [0.1, 0.15) is 25.7 Å². The van der Waals surface area contributed by atoms with E-state index in [4.69, 9.17) is 0 Å². The van der Waals surface area contributed by atoms with Gasteiger partial charge in [-0.15, -0.1) is 0 Å². The first kappa shape index (κ1) is 18.9. The van der Waals surface area contributed by atoms with Gasteiger partial charge in [0, 0.05) is 11.7 Å². The molecule has 148 valence electrons. The number of carbonyl (C=O) groups is 4. The molecule has 1 N–H and O–H groups in total. The summed E-state index contributed by atoms with van der Waals surface area (Å²) in [4.78, 5) is 51.1. The maximum absolute atomic E-state index is 12.5. The molecule has 2 aliphatic rings. The standard InChI is InChI=1S/C22H21N3O4/c26-19(23-17-12-10-16(11-13-17)15-6-2-1-3-7-15)14-24-20(27)21(28)25(22(24)29)18-8-4-5-9-18/h1-3,6-7,10-13,18H,4-5,8-9,14H2,(H,23,26).